The van der Waals surface area contributed by atoms with E-state index >= 15 is 0 Å². The first-order chi connectivity index (χ1) is 9.93. The molecule has 0 radical (unpaired) electrons. The van der Waals surface area contributed by atoms with Gasteiger partial charge < -0.3 is 10.4 Å². The van der Waals surface area contributed by atoms with Crippen LogP contribution in [-0.2, 0) is 6.54 Å². The van der Waals surface area contributed by atoms with Gasteiger partial charge >= 0.3 is 0 Å². The molecule has 0 bridgehead atoms. The monoisotopic (exact) mass is 295 g/mol. The summed E-state index contributed by atoms with van der Waals surface area (Å²) in [4.78, 5) is 0. The molecule has 1 unspecified atom stereocenters. The number of hydrogen-bond acceptors (Lipinski definition) is 3. The molecule has 0 aliphatic rings. The van der Waals surface area contributed by atoms with Crippen LogP contribution in [0.2, 0.25) is 0 Å². The minimum Gasteiger partial charge on any atom is -0.395 e. The van der Waals surface area contributed by atoms with Crippen LogP contribution in [0.15, 0.2) is 18.2 Å². The molecular formula is C15H19F2N3O. The number of halogens is 2. The summed E-state index contributed by atoms with van der Waals surface area (Å²) in [6.07, 6.45) is 0. The number of aliphatic hydroxyl groups excluding tert-OH is 1. The highest BCUT2D eigenvalue weighted by Crippen LogP contribution is 2.20. The molecule has 1 atom stereocenters. The van der Waals surface area contributed by atoms with Gasteiger partial charge in [0.1, 0.15) is 11.5 Å². The van der Waals surface area contributed by atoms with E-state index in [2.05, 4.69) is 10.4 Å². The van der Waals surface area contributed by atoms with Gasteiger partial charge in [-0.05, 0) is 32.9 Å². The van der Waals surface area contributed by atoms with Crippen LogP contribution in [0.1, 0.15) is 23.9 Å². The predicted molar refractivity (Wildman–Crippen MR) is 76.3 cm³/mol. The first-order valence-corrected chi connectivity index (χ1v) is 6.78. The van der Waals surface area contributed by atoms with E-state index in [1.807, 2.05) is 20.8 Å². The van der Waals surface area contributed by atoms with E-state index in [-0.39, 0.29) is 18.3 Å². The Morgan fingerprint density at radius 2 is 2.05 bits per heavy atom. The molecule has 0 fully saturated rings. The SMILES string of the molecule is Cc1nn(-c2ccc(F)cc2F)c(C)c1CNC(C)CO. The van der Waals surface area contributed by atoms with E-state index in [4.69, 9.17) is 5.11 Å². The Hall–Kier alpha value is -1.79. The molecule has 21 heavy (non-hydrogen) atoms. The van der Waals surface area contributed by atoms with Crippen LogP contribution in [0.25, 0.3) is 5.69 Å². The fourth-order valence-corrected chi connectivity index (χ4v) is 2.16. The van der Waals surface area contributed by atoms with Gasteiger partial charge in [-0.2, -0.15) is 5.10 Å². The van der Waals surface area contributed by atoms with Crippen LogP contribution < -0.4 is 5.32 Å². The second-order valence-corrected chi connectivity index (χ2v) is 5.12. The zero-order valence-corrected chi connectivity index (χ0v) is 12.3. The summed E-state index contributed by atoms with van der Waals surface area (Å²) in [7, 11) is 0. The van der Waals surface area contributed by atoms with Crippen molar-refractivity contribution in [1.82, 2.24) is 15.1 Å². The molecular weight excluding hydrogens is 276 g/mol. The van der Waals surface area contributed by atoms with Crippen molar-refractivity contribution in [3.05, 3.63) is 46.8 Å². The topological polar surface area (TPSA) is 50.1 Å². The molecule has 0 aliphatic carbocycles. The van der Waals surface area contributed by atoms with Crippen molar-refractivity contribution >= 4 is 0 Å². The molecule has 0 saturated heterocycles. The second kappa shape index (κ2) is 6.32. The highest BCUT2D eigenvalue weighted by molar-refractivity contribution is 5.38. The Kier molecular flexibility index (Phi) is 4.69. The molecule has 0 spiro atoms. The number of aryl methyl sites for hydroxylation is 1. The average Bonchev–Trinajstić information content (AvgIpc) is 2.71. The van der Waals surface area contributed by atoms with Gasteiger partial charge in [-0.25, -0.2) is 13.5 Å². The molecule has 2 N–H and O–H groups in total. The lowest BCUT2D eigenvalue weighted by Gasteiger charge is -2.11. The number of rotatable bonds is 5. The highest BCUT2D eigenvalue weighted by Gasteiger charge is 2.16. The van der Waals surface area contributed by atoms with E-state index in [1.54, 1.807) is 0 Å². The van der Waals surface area contributed by atoms with Crippen molar-refractivity contribution in [3.63, 3.8) is 0 Å². The normalized spacial score (nSPS) is 12.7. The van der Waals surface area contributed by atoms with Gasteiger partial charge in [-0.3, -0.25) is 0 Å². The number of aliphatic hydroxyl groups is 1. The van der Waals surface area contributed by atoms with Crippen molar-refractivity contribution < 1.29 is 13.9 Å². The first kappa shape index (κ1) is 15.6. The van der Waals surface area contributed by atoms with Crippen molar-refractivity contribution in [2.45, 2.75) is 33.4 Å². The Morgan fingerprint density at radius 3 is 2.67 bits per heavy atom. The third-order valence-electron chi connectivity index (χ3n) is 3.48. The van der Waals surface area contributed by atoms with Gasteiger partial charge in [-0.15, -0.1) is 0 Å². The van der Waals surface area contributed by atoms with Gasteiger partial charge in [0.15, 0.2) is 5.82 Å². The number of nitrogens with one attached hydrogen (secondary N) is 1. The van der Waals surface area contributed by atoms with Crippen LogP contribution in [0, 0.1) is 25.5 Å². The first-order valence-electron chi connectivity index (χ1n) is 6.78. The lowest BCUT2D eigenvalue weighted by Crippen LogP contribution is -2.29. The van der Waals surface area contributed by atoms with Gasteiger partial charge in [0.05, 0.1) is 12.3 Å². The van der Waals surface area contributed by atoms with E-state index in [0.29, 0.717) is 6.54 Å². The molecule has 6 heteroatoms. The molecule has 1 aromatic carbocycles. The fourth-order valence-electron chi connectivity index (χ4n) is 2.16. The number of benzene rings is 1. The minimum absolute atomic E-state index is 0.0327. The quantitative estimate of drug-likeness (QED) is 0.889. The Bertz CT molecular complexity index is 640. The molecule has 2 aromatic rings. The van der Waals surface area contributed by atoms with Crippen LogP contribution in [0.3, 0.4) is 0 Å². The molecule has 1 heterocycles. The van der Waals surface area contributed by atoms with E-state index in [9.17, 15) is 8.78 Å². The van der Waals surface area contributed by atoms with Crippen LogP contribution in [0.5, 0.6) is 0 Å². The summed E-state index contributed by atoms with van der Waals surface area (Å²) < 4.78 is 28.3. The van der Waals surface area contributed by atoms with Crippen molar-refractivity contribution in [3.8, 4) is 5.69 Å². The van der Waals surface area contributed by atoms with E-state index in [1.165, 1.54) is 16.8 Å². The predicted octanol–water partition coefficient (Wildman–Crippen LogP) is 2.24. The molecule has 2 rings (SSSR count). The molecule has 0 amide bonds. The second-order valence-electron chi connectivity index (χ2n) is 5.12. The Balaban J connectivity index is 2.34. The molecule has 1 aromatic heterocycles. The Labute approximate surface area is 122 Å². The third-order valence-corrected chi connectivity index (χ3v) is 3.48. The maximum atomic E-state index is 13.9. The lowest BCUT2D eigenvalue weighted by atomic mass is 10.2. The summed E-state index contributed by atoms with van der Waals surface area (Å²) in [6.45, 7) is 6.12. The number of hydrogen-bond donors (Lipinski definition) is 2. The van der Waals surface area contributed by atoms with Crippen LogP contribution >= 0.6 is 0 Å². The molecule has 0 saturated carbocycles. The van der Waals surface area contributed by atoms with Crippen molar-refractivity contribution in [1.29, 1.82) is 0 Å². The third kappa shape index (κ3) is 3.28. The standard InChI is InChI=1S/C15H19F2N3O/c1-9(8-21)18-7-13-10(2)19-20(11(13)3)15-5-4-12(16)6-14(15)17/h4-6,9,18,21H,7-8H2,1-3H3. The van der Waals surface area contributed by atoms with E-state index in [0.717, 1.165) is 23.0 Å². The zero-order chi connectivity index (χ0) is 15.6. The fraction of sp³-hybridized carbons (Fsp3) is 0.400. The van der Waals surface area contributed by atoms with Crippen LogP contribution in [0.4, 0.5) is 8.78 Å². The lowest BCUT2D eigenvalue weighted by molar-refractivity contribution is 0.251. The summed E-state index contributed by atoms with van der Waals surface area (Å²) in [5, 5.41) is 16.5. The summed E-state index contributed by atoms with van der Waals surface area (Å²) in [5.74, 6) is -1.26. The van der Waals surface area contributed by atoms with Gasteiger partial charge in [0, 0.05) is 29.9 Å². The summed E-state index contributed by atoms with van der Waals surface area (Å²) in [5.41, 5.74) is 2.72. The van der Waals surface area contributed by atoms with Gasteiger partial charge in [0.2, 0.25) is 0 Å². The van der Waals surface area contributed by atoms with Crippen molar-refractivity contribution in [2.75, 3.05) is 6.61 Å². The molecule has 0 aliphatic heterocycles. The van der Waals surface area contributed by atoms with Gasteiger partial charge in [0.25, 0.3) is 0 Å². The van der Waals surface area contributed by atoms with E-state index < -0.39 is 11.6 Å². The smallest absolute Gasteiger partial charge is 0.151 e. The van der Waals surface area contributed by atoms with Crippen molar-refractivity contribution in [2.24, 2.45) is 0 Å². The van der Waals surface area contributed by atoms with Crippen LogP contribution in [-0.4, -0.2) is 27.5 Å². The average molecular weight is 295 g/mol. The number of nitrogens with zero attached hydrogens (tertiary/aromatic N) is 2. The zero-order valence-electron chi connectivity index (χ0n) is 12.3. The number of aromatic nitrogens is 2. The summed E-state index contributed by atoms with van der Waals surface area (Å²) in [6, 6.07) is 3.39. The maximum Gasteiger partial charge on any atom is 0.151 e. The minimum atomic E-state index is -0.649. The summed E-state index contributed by atoms with van der Waals surface area (Å²) >= 11 is 0. The highest BCUT2D eigenvalue weighted by atomic mass is 19.1. The maximum absolute atomic E-state index is 13.9. The largest absolute Gasteiger partial charge is 0.395 e. The molecule has 114 valence electrons. The van der Waals surface area contributed by atoms with Gasteiger partial charge in [-0.1, -0.05) is 0 Å². The Morgan fingerprint density at radius 1 is 1.33 bits per heavy atom. The molecule has 4 nitrogen and oxygen atoms in total.